The van der Waals surface area contributed by atoms with Crippen molar-refractivity contribution in [1.82, 2.24) is 10.6 Å². The van der Waals surface area contributed by atoms with Crippen molar-refractivity contribution in [3.8, 4) is 0 Å². The molecule has 0 radical (unpaired) electrons. The second kappa shape index (κ2) is 11.0. The number of ether oxygens (including phenoxy) is 1. The van der Waals surface area contributed by atoms with Crippen molar-refractivity contribution in [2.45, 2.75) is 58.1 Å². The molecule has 7 heteroatoms. The van der Waals surface area contributed by atoms with Gasteiger partial charge in [-0.05, 0) is 57.2 Å². The van der Waals surface area contributed by atoms with Crippen LogP contribution in [0.25, 0.3) is 0 Å². The number of nitrogens with one attached hydrogen (secondary N) is 2. The maximum absolute atomic E-state index is 12.1. The van der Waals surface area contributed by atoms with Crippen LogP contribution in [0.2, 0.25) is 0 Å². The van der Waals surface area contributed by atoms with Crippen LogP contribution in [0, 0.1) is 0 Å². The monoisotopic (exact) mass is 500 g/mol. The van der Waals surface area contributed by atoms with Gasteiger partial charge in [0, 0.05) is 38.3 Å². The van der Waals surface area contributed by atoms with Gasteiger partial charge in [-0.2, -0.15) is 0 Å². The van der Waals surface area contributed by atoms with Gasteiger partial charge in [0.1, 0.15) is 0 Å². The number of benzene rings is 1. The Morgan fingerprint density at radius 3 is 2.64 bits per heavy atom. The van der Waals surface area contributed by atoms with Gasteiger partial charge in [0.2, 0.25) is 5.91 Å². The molecular weight excluding hydrogens is 467 g/mol. The van der Waals surface area contributed by atoms with E-state index < -0.39 is 0 Å². The van der Waals surface area contributed by atoms with Crippen molar-refractivity contribution in [2.24, 2.45) is 4.99 Å². The first kappa shape index (κ1) is 22.9. The zero-order chi connectivity index (χ0) is 19.1. The molecule has 0 spiro atoms. The molecule has 2 saturated heterocycles. The summed E-state index contributed by atoms with van der Waals surface area (Å²) < 4.78 is 5.83. The molecule has 1 unspecified atom stereocenters. The van der Waals surface area contributed by atoms with Crippen LogP contribution in [0.3, 0.4) is 0 Å². The molecule has 0 saturated carbocycles. The van der Waals surface area contributed by atoms with E-state index in [2.05, 4.69) is 36.6 Å². The summed E-state index contributed by atoms with van der Waals surface area (Å²) in [5.74, 6) is 1.04. The molecule has 1 aromatic carbocycles. The van der Waals surface area contributed by atoms with Gasteiger partial charge in [-0.1, -0.05) is 12.1 Å². The van der Waals surface area contributed by atoms with Crippen molar-refractivity contribution < 1.29 is 9.53 Å². The number of aliphatic imine (C=N–C) groups is 1. The molecule has 156 valence electrons. The standard InChI is InChI=1S/C21H32N4O2.HI/c1-3-22-20(24-16-21(2)12-6-14-27-21)23-15-17-8-10-18(11-9-17)25-13-5-4-7-19(25)26;/h8-11H,3-7,12-16H2,1-2H3,(H2,22,23,24);1H. The number of guanidine groups is 1. The number of hydrogen-bond acceptors (Lipinski definition) is 3. The van der Waals surface area contributed by atoms with Gasteiger partial charge in [0.25, 0.3) is 0 Å². The number of carbonyl (C=O) groups excluding carboxylic acids is 1. The van der Waals surface area contributed by atoms with Crippen molar-refractivity contribution in [1.29, 1.82) is 0 Å². The van der Waals surface area contributed by atoms with Gasteiger partial charge in [-0.3, -0.25) is 4.79 Å². The summed E-state index contributed by atoms with van der Waals surface area (Å²) >= 11 is 0. The minimum absolute atomic E-state index is 0. The number of piperidine rings is 1. The lowest BCUT2D eigenvalue weighted by Gasteiger charge is -2.26. The first-order valence-corrected chi connectivity index (χ1v) is 10.1. The highest BCUT2D eigenvalue weighted by molar-refractivity contribution is 14.0. The fraction of sp³-hybridized carbons (Fsp3) is 0.619. The van der Waals surface area contributed by atoms with Crippen LogP contribution in [-0.4, -0.2) is 43.7 Å². The Morgan fingerprint density at radius 2 is 2.00 bits per heavy atom. The number of hydrogen-bond donors (Lipinski definition) is 2. The number of anilines is 1. The van der Waals surface area contributed by atoms with E-state index in [1.165, 1.54) is 0 Å². The summed E-state index contributed by atoms with van der Waals surface area (Å²) in [7, 11) is 0. The van der Waals surface area contributed by atoms with E-state index in [1.54, 1.807) is 0 Å². The molecule has 1 aromatic rings. The maximum atomic E-state index is 12.1. The molecule has 0 aliphatic carbocycles. The van der Waals surface area contributed by atoms with Crippen LogP contribution < -0.4 is 15.5 Å². The third-order valence-corrected chi connectivity index (χ3v) is 5.27. The summed E-state index contributed by atoms with van der Waals surface area (Å²) in [5.41, 5.74) is 2.02. The van der Waals surface area contributed by atoms with Gasteiger partial charge >= 0.3 is 0 Å². The zero-order valence-electron chi connectivity index (χ0n) is 17.0. The van der Waals surface area contributed by atoms with Crippen LogP contribution in [-0.2, 0) is 16.1 Å². The Bertz CT molecular complexity index is 657. The molecule has 2 fully saturated rings. The summed E-state index contributed by atoms with van der Waals surface area (Å²) in [4.78, 5) is 18.6. The first-order valence-electron chi connectivity index (χ1n) is 10.1. The highest BCUT2D eigenvalue weighted by Crippen LogP contribution is 2.24. The topological polar surface area (TPSA) is 66.0 Å². The molecular formula is C21H33IN4O2. The quantitative estimate of drug-likeness (QED) is 0.357. The van der Waals surface area contributed by atoms with Gasteiger partial charge in [0.15, 0.2) is 5.96 Å². The molecule has 0 aromatic heterocycles. The third-order valence-electron chi connectivity index (χ3n) is 5.27. The van der Waals surface area contributed by atoms with Crippen LogP contribution in [0.5, 0.6) is 0 Å². The highest BCUT2D eigenvalue weighted by Gasteiger charge is 2.29. The maximum Gasteiger partial charge on any atom is 0.226 e. The van der Waals surface area contributed by atoms with Crippen molar-refractivity contribution >= 4 is 41.5 Å². The summed E-state index contributed by atoms with van der Waals surface area (Å²) in [6.45, 7) is 8.06. The van der Waals surface area contributed by atoms with E-state index in [0.29, 0.717) is 13.0 Å². The van der Waals surface area contributed by atoms with Crippen molar-refractivity contribution in [3.05, 3.63) is 29.8 Å². The Morgan fingerprint density at radius 1 is 1.21 bits per heavy atom. The van der Waals surface area contributed by atoms with Crippen LogP contribution in [0.1, 0.15) is 51.5 Å². The lowest BCUT2D eigenvalue weighted by molar-refractivity contribution is -0.119. The van der Waals surface area contributed by atoms with Crippen molar-refractivity contribution in [3.63, 3.8) is 0 Å². The largest absolute Gasteiger partial charge is 0.373 e. The van der Waals surface area contributed by atoms with Crippen LogP contribution in [0.15, 0.2) is 29.3 Å². The van der Waals surface area contributed by atoms with E-state index in [0.717, 1.165) is 69.1 Å². The van der Waals surface area contributed by atoms with Crippen molar-refractivity contribution in [2.75, 3.05) is 31.1 Å². The summed E-state index contributed by atoms with van der Waals surface area (Å²) in [6, 6.07) is 8.18. The fourth-order valence-corrected chi connectivity index (χ4v) is 3.62. The number of amides is 1. The van der Waals surface area contributed by atoms with Crippen LogP contribution >= 0.6 is 24.0 Å². The highest BCUT2D eigenvalue weighted by atomic mass is 127. The molecule has 0 bridgehead atoms. The van der Waals surface area contributed by atoms with Gasteiger partial charge in [0.05, 0.1) is 12.1 Å². The van der Waals surface area contributed by atoms with E-state index in [9.17, 15) is 4.79 Å². The van der Waals surface area contributed by atoms with Gasteiger partial charge in [-0.15, -0.1) is 24.0 Å². The minimum Gasteiger partial charge on any atom is -0.373 e. The molecule has 28 heavy (non-hydrogen) atoms. The lowest BCUT2D eigenvalue weighted by atomic mass is 10.0. The Balaban J connectivity index is 0.00000280. The molecule has 2 aliphatic heterocycles. The average molecular weight is 500 g/mol. The number of rotatable bonds is 6. The molecule has 2 heterocycles. The van der Waals surface area contributed by atoms with E-state index in [1.807, 2.05) is 17.0 Å². The Labute approximate surface area is 185 Å². The normalized spacial score (nSPS) is 22.7. The molecule has 1 amide bonds. The second-order valence-electron chi connectivity index (χ2n) is 7.62. The predicted molar refractivity (Wildman–Crippen MR) is 124 cm³/mol. The summed E-state index contributed by atoms with van der Waals surface area (Å²) in [6.07, 6.45) is 4.95. The van der Waals surface area contributed by atoms with E-state index in [4.69, 9.17) is 9.73 Å². The first-order chi connectivity index (χ1) is 13.1. The lowest BCUT2D eigenvalue weighted by Crippen LogP contribution is -2.45. The number of halogens is 1. The van der Waals surface area contributed by atoms with Gasteiger partial charge in [-0.25, -0.2) is 4.99 Å². The Kier molecular flexibility index (Phi) is 9.01. The molecule has 2 aliphatic rings. The molecule has 6 nitrogen and oxygen atoms in total. The number of carbonyl (C=O) groups is 1. The third kappa shape index (κ3) is 6.34. The molecule has 2 N–H and O–H groups in total. The van der Waals surface area contributed by atoms with E-state index >= 15 is 0 Å². The predicted octanol–water partition coefficient (Wildman–Crippen LogP) is 3.45. The Hall–Kier alpha value is -1.35. The van der Waals surface area contributed by atoms with Crippen LogP contribution in [0.4, 0.5) is 5.69 Å². The average Bonchev–Trinajstić information content (AvgIpc) is 3.12. The smallest absolute Gasteiger partial charge is 0.226 e. The zero-order valence-corrected chi connectivity index (χ0v) is 19.3. The second-order valence-corrected chi connectivity index (χ2v) is 7.62. The molecule has 3 rings (SSSR count). The minimum atomic E-state index is -0.0984. The van der Waals surface area contributed by atoms with Gasteiger partial charge < -0.3 is 20.3 Å². The molecule has 1 atom stereocenters. The SMILES string of the molecule is CCNC(=NCc1ccc(N2CCCCC2=O)cc1)NCC1(C)CCCO1.I. The summed E-state index contributed by atoms with van der Waals surface area (Å²) in [5, 5.41) is 6.70. The fourth-order valence-electron chi connectivity index (χ4n) is 3.62. The van der Waals surface area contributed by atoms with E-state index in [-0.39, 0.29) is 35.5 Å². The number of nitrogens with zero attached hydrogens (tertiary/aromatic N) is 2.